The van der Waals surface area contributed by atoms with E-state index in [2.05, 4.69) is 21.6 Å². The number of aromatic nitrogens is 4. The Morgan fingerprint density at radius 3 is 3.10 bits per heavy atom. The highest BCUT2D eigenvalue weighted by molar-refractivity contribution is 5.36. The highest BCUT2D eigenvalue weighted by atomic mass is 16.5. The Bertz CT molecular complexity index is 568. The zero-order valence-corrected chi connectivity index (χ0v) is 11.4. The van der Waals surface area contributed by atoms with Crippen LogP contribution in [0.1, 0.15) is 30.1 Å². The summed E-state index contributed by atoms with van der Waals surface area (Å²) in [4.78, 5) is 0. The van der Waals surface area contributed by atoms with Crippen LogP contribution in [0.15, 0.2) is 24.3 Å². The number of rotatable bonds is 5. The molecule has 1 aliphatic rings. The van der Waals surface area contributed by atoms with Gasteiger partial charge in [-0.15, -0.1) is 5.10 Å². The normalized spacial score (nSPS) is 17.6. The van der Waals surface area contributed by atoms with E-state index in [0.717, 1.165) is 37.4 Å². The molecule has 2 N–H and O–H groups in total. The van der Waals surface area contributed by atoms with E-state index >= 15 is 0 Å². The number of nitrogens with zero attached hydrogens (tertiary/aromatic N) is 4. The van der Waals surface area contributed by atoms with Gasteiger partial charge in [-0.25, -0.2) is 4.68 Å². The number of aryl methyl sites for hydroxylation is 1. The van der Waals surface area contributed by atoms with E-state index in [0.29, 0.717) is 13.2 Å². The molecule has 0 bridgehead atoms. The molecule has 0 amide bonds. The van der Waals surface area contributed by atoms with E-state index in [9.17, 15) is 0 Å². The fourth-order valence-corrected chi connectivity index (χ4v) is 2.56. The van der Waals surface area contributed by atoms with Gasteiger partial charge in [0.1, 0.15) is 5.75 Å². The molecule has 0 spiro atoms. The number of benzene rings is 1. The summed E-state index contributed by atoms with van der Waals surface area (Å²) >= 11 is 0. The second kappa shape index (κ2) is 6.00. The summed E-state index contributed by atoms with van der Waals surface area (Å²) in [6.07, 6.45) is 2.91. The van der Waals surface area contributed by atoms with E-state index < -0.39 is 0 Å². The van der Waals surface area contributed by atoms with E-state index in [4.69, 9.17) is 10.5 Å². The standard InChI is InChI=1S/C14H19N5O/c15-7-3-4-8-19-14(16-17-18-19)12-9-11-5-1-2-6-13(11)20-10-12/h1-2,5-6,12H,3-4,7-10,15H2. The van der Waals surface area contributed by atoms with Crippen molar-refractivity contribution in [2.24, 2.45) is 5.73 Å². The molecule has 6 nitrogen and oxygen atoms in total. The van der Waals surface area contributed by atoms with Crippen molar-refractivity contribution in [1.29, 1.82) is 0 Å². The molecule has 1 aromatic heterocycles. The molecule has 20 heavy (non-hydrogen) atoms. The van der Waals surface area contributed by atoms with Gasteiger partial charge in [0.05, 0.1) is 12.5 Å². The lowest BCUT2D eigenvalue weighted by Crippen LogP contribution is -2.23. The van der Waals surface area contributed by atoms with Gasteiger partial charge in [-0.3, -0.25) is 0 Å². The molecule has 0 saturated heterocycles. The number of unbranched alkanes of at least 4 members (excludes halogenated alkanes) is 1. The molecule has 0 saturated carbocycles. The van der Waals surface area contributed by atoms with Gasteiger partial charge in [0.25, 0.3) is 0 Å². The fraction of sp³-hybridized carbons (Fsp3) is 0.500. The van der Waals surface area contributed by atoms with Gasteiger partial charge in [0.15, 0.2) is 5.82 Å². The number of nitrogens with two attached hydrogens (primary N) is 1. The largest absolute Gasteiger partial charge is 0.493 e. The molecule has 2 aromatic rings. The van der Waals surface area contributed by atoms with Gasteiger partial charge in [0, 0.05) is 6.54 Å². The van der Waals surface area contributed by atoms with Crippen LogP contribution in [-0.2, 0) is 13.0 Å². The van der Waals surface area contributed by atoms with Crippen LogP contribution in [0.2, 0.25) is 0 Å². The smallest absolute Gasteiger partial charge is 0.158 e. The van der Waals surface area contributed by atoms with Gasteiger partial charge in [-0.2, -0.15) is 0 Å². The predicted octanol–water partition coefficient (Wildman–Crippen LogP) is 1.13. The van der Waals surface area contributed by atoms with Crippen LogP contribution in [0.25, 0.3) is 0 Å². The van der Waals surface area contributed by atoms with Crippen molar-refractivity contribution in [2.45, 2.75) is 31.7 Å². The molecule has 1 aromatic carbocycles. The summed E-state index contributed by atoms with van der Waals surface area (Å²) in [6.45, 7) is 2.16. The topological polar surface area (TPSA) is 78.9 Å². The van der Waals surface area contributed by atoms with Gasteiger partial charge < -0.3 is 10.5 Å². The average Bonchev–Trinajstić information content (AvgIpc) is 2.95. The van der Waals surface area contributed by atoms with E-state index in [-0.39, 0.29) is 5.92 Å². The van der Waals surface area contributed by atoms with Crippen LogP contribution in [0, 0.1) is 0 Å². The first-order valence-corrected chi connectivity index (χ1v) is 7.05. The van der Waals surface area contributed by atoms with E-state index in [1.807, 2.05) is 22.9 Å². The van der Waals surface area contributed by atoms with Crippen LogP contribution in [0.4, 0.5) is 0 Å². The Balaban J connectivity index is 1.73. The second-order valence-electron chi connectivity index (χ2n) is 5.08. The van der Waals surface area contributed by atoms with Crippen molar-refractivity contribution in [3.05, 3.63) is 35.7 Å². The molecule has 1 atom stereocenters. The lowest BCUT2D eigenvalue weighted by molar-refractivity contribution is 0.253. The first-order valence-electron chi connectivity index (χ1n) is 7.05. The third-order valence-corrected chi connectivity index (χ3v) is 3.63. The molecular formula is C14H19N5O. The van der Waals surface area contributed by atoms with Crippen molar-refractivity contribution < 1.29 is 4.74 Å². The lowest BCUT2D eigenvalue weighted by Gasteiger charge is -2.24. The number of ether oxygens (including phenoxy) is 1. The molecule has 0 fully saturated rings. The fourth-order valence-electron chi connectivity index (χ4n) is 2.56. The SMILES string of the molecule is NCCCCn1nnnc1C1COc2ccccc2C1. The Morgan fingerprint density at radius 2 is 2.20 bits per heavy atom. The minimum atomic E-state index is 0.220. The first kappa shape index (κ1) is 13.1. The highest BCUT2D eigenvalue weighted by Crippen LogP contribution is 2.31. The summed E-state index contributed by atoms with van der Waals surface area (Å²) in [7, 11) is 0. The molecule has 6 heteroatoms. The predicted molar refractivity (Wildman–Crippen MR) is 74.5 cm³/mol. The van der Waals surface area contributed by atoms with E-state index in [1.54, 1.807) is 0 Å². The molecule has 2 heterocycles. The van der Waals surface area contributed by atoms with Crippen molar-refractivity contribution in [2.75, 3.05) is 13.2 Å². The molecule has 1 aliphatic heterocycles. The Labute approximate surface area is 117 Å². The number of fused-ring (bicyclic) bond motifs is 1. The molecule has 1 unspecified atom stereocenters. The monoisotopic (exact) mass is 273 g/mol. The van der Waals surface area contributed by atoms with Crippen LogP contribution >= 0.6 is 0 Å². The Hall–Kier alpha value is -1.95. The van der Waals surface area contributed by atoms with Gasteiger partial charge >= 0.3 is 0 Å². The van der Waals surface area contributed by atoms with Crippen molar-refractivity contribution >= 4 is 0 Å². The third kappa shape index (κ3) is 2.65. The first-order chi connectivity index (χ1) is 9.88. The molecule has 106 valence electrons. The molecule has 3 rings (SSSR count). The zero-order valence-electron chi connectivity index (χ0n) is 11.4. The maximum atomic E-state index is 5.81. The number of tetrazole rings is 1. The summed E-state index contributed by atoms with van der Waals surface area (Å²) in [5.74, 6) is 2.11. The number of hydrogen-bond donors (Lipinski definition) is 1. The van der Waals surface area contributed by atoms with Crippen molar-refractivity contribution in [1.82, 2.24) is 20.2 Å². The Morgan fingerprint density at radius 1 is 1.30 bits per heavy atom. The second-order valence-corrected chi connectivity index (χ2v) is 5.08. The van der Waals surface area contributed by atoms with Crippen molar-refractivity contribution in [3.63, 3.8) is 0 Å². The maximum Gasteiger partial charge on any atom is 0.158 e. The van der Waals surface area contributed by atoms with Crippen LogP contribution in [0.5, 0.6) is 5.75 Å². The lowest BCUT2D eigenvalue weighted by atomic mass is 9.96. The quantitative estimate of drug-likeness (QED) is 0.826. The minimum Gasteiger partial charge on any atom is -0.493 e. The van der Waals surface area contributed by atoms with Crippen LogP contribution < -0.4 is 10.5 Å². The van der Waals surface area contributed by atoms with Crippen LogP contribution in [0.3, 0.4) is 0 Å². The third-order valence-electron chi connectivity index (χ3n) is 3.63. The van der Waals surface area contributed by atoms with Crippen LogP contribution in [-0.4, -0.2) is 33.4 Å². The zero-order chi connectivity index (χ0) is 13.8. The van der Waals surface area contributed by atoms with Crippen molar-refractivity contribution in [3.8, 4) is 5.75 Å². The summed E-state index contributed by atoms with van der Waals surface area (Å²) < 4.78 is 7.70. The molecular weight excluding hydrogens is 254 g/mol. The number of hydrogen-bond acceptors (Lipinski definition) is 5. The average molecular weight is 273 g/mol. The highest BCUT2D eigenvalue weighted by Gasteiger charge is 2.25. The summed E-state index contributed by atoms with van der Waals surface area (Å²) in [5.41, 5.74) is 6.74. The number of para-hydroxylation sites is 1. The summed E-state index contributed by atoms with van der Waals surface area (Å²) in [5, 5.41) is 12.1. The van der Waals surface area contributed by atoms with Gasteiger partial charge in [-0.05, 0) is 47.9 Å². The Kier molecular flexibility index (Phi) is 3.92. The summed E-state index contributed by atoms with van der Waals surface area (Å²) in [6, 6.07) is 8.14. The molecule has 0 radical (unpaired) electrons. The van der Waals surface area contributed by atoms with Gasteiger partial charge in [0.2, 0.25) is 0 Å². The minimum absolute atomic E-state index is 0.220. The van der Waals surface area contributed by atoms with Gasteiger partial charge in [-0.1, -0.05) is 18.2 Å². The maximum absolute atomic E-state index is 5.81. The van der Waals surface area contributed by atoms with E-state index in [1.165, 1.54) is 5.56 Å². The molecule has 0 aliphatic carbocycles.